The Bertz CT molecular complexity index is 510. The number of likely N-dealkylation sites (N-methyl/N-ethyl adjacent to an activating group) is 2. The number of hydrogen-bond acceptors (Lipinski definition) is 4. The molecule has 0 N–H and O–H groups in total. The van der Waals surface area contributed by atoms with E-state index in [2.05, 4.69) is 11.8 Å². The lowest BCUT2D eigenvalue weighted by molar-refractivity contribution is -0.387. The summed E-state index contributed by atoms with van der Waals surface area (Å²) in [6.07, 6.45) is 2.37. The number of benzene rings is 1. The minimum Gasteiger partial charge on any atom is -0.300 e. The Morgan fingerprint density at radius 1 is 1.52 bits per heavy atom. The number of nitro groups is 1. The smallest absolute Gasteiger partial charge is 0.300 e. The molecule has 21 heavy (non-hydrogen) atoms. The highest BCUT2D eigenvalue weighted by Crippen LogP contribution is 2.22. The summed E-state index contributed by atoms with van der Waals surface area (Å²) in [4.78, 5) is 14.6. The first kappa shape index (κ1) is 15.9. The molecule has 0 saturated carbocycles. The van der Waals surface area contributed by atoms with Crippen molar-refractivity contribution in [3.8, 4) is 0 Å². The molecular weight excluding hydrogens is 273 g/mol. The summed E-state index contributed by atoms with van der Waals surface area (Å²) >= 11 is 0. The molecule has 1 aliphatic rings. The maximum atomic E-state index is 14.1. The van der Waals surface area contributed by atoms with E-state index in [9.17, 15) is 14.5 Å². The SMILES string of the molecule is CCN1CCCC1CN(C)Cc1cccc([N+](=O)[O-])c1F. The first-order valence-electron chi connectivity index (χ1n) is 7.37. The molecule has 0 bridgehead atoms. The van der Waals surface area contributed by atoms with Gasteiger partial charge in [0.15, 0.2) is 0 Å². The lowest BCUT2D eigenvalue weighted by Gasteiger charge is -2.27. The van der Waals surface area contributed by atoms with Crippen LogP contribution in [0.5, 0.6) is 0 Å². The Kier molecular flexibility index (Phi) is 5.25. The average Bonchev–Trinajstić information content (AvgIpc) is 2.87. The van der Waals surface area contributed by atoms with Gasteiger partial charge in [-0.1, -0.05) is 19.1 Å². The molecule has 1 fully saturated rings. The Morgan fingerprint density at radius 2 is 2.29 bits per heavy atom. The Balaban J connectivity index is 2.01. The van der Waals surface area contributed by atoms with Crippen molar-refractivity contribution in [2.75, 3.05) is 26.7 Å². The van der Waals surface area contributed by atoms with Crippen molar-refractivity contribution in [1.82, 2.24) is 9.80 Å². The van der Waals surface area contributed by atoms with Crippen molar-refractivity contribution < 1.29 is 9.31 Å². The molecule has 1 heterocycles. The van der Waals surface area contributed by atoms with Gasteiger partial charge in [-0.3, -0.25) is 15.0 Å². The third kappa shape index (κ3) is 3.77. The monoisotopic (exact) mass is 295 g/mol. The van der Waals surface area contributed by atoms with E-state index in [0.717, 1.165) is 26.1 Å². The Morgan fingerprint density at radius 3 is 2.95 bits per heavy atom. The summed E-state index contributed by atoms with van der Waals surface area (Å²) in [6.45, 7) is 5.56. The fraction of sp³-hybridized carbons (Fsp3) is 0.600. The van der Waals surface area contributed by atoms with Crippen LogP contribution in [0.2, 0.25) is 0 Å². The molecular formula is C15H22FN3O2. The summed E-state index contributed by atoms with van der Waals surface area (Å²) in [5.41, 5.74) is -0.0651. The van der Waals surface area contributed by atoms with Crippen molar-refractivity contribution in [2.24, 2.45) is 0 Å². The molecule has 1 aromatic rings. The zero-order chi connectivity index (χ0) is 15.4. The van der Waals surface area contributed by atoms with E-state index in [-0.39, 0.29) is 0 Å². The predicted molar refractivity (Wildman–Crippen MR) is 79.7 cm³/mol. The van der Waals surface area contributed by atoms with Crippen LogP contribution in [0, 0.1) is 15.9 Å². The van der Waals surface area contributed by atoms with Gasteiger partial charge in [0, 0.05) is 30.8 Å². The van der Waals surface area contributed by atoms with Crippen LogP contribution in [0.25, 0.3) is 0 Å². The Hall–Kier alpha value is -1.53. The van der Waals surface area contributed by atoms with Gasteiger partial charge in [0.1, 0.15) is 0 Å². The van der Waals surface area contributed by atoms with E-state index in [4.69, 9.17) is 0 Å². The molecule has 0 radical (unpaired) electrons. The lowest BCUT2D eigenvalue weighted by Crippen LogP contribution is -2.38. The summed E-state index contributed by atoms with van der Waals surface area (Å²) < 4.78 is 14.1. The van der Waals surface area contributed by atoms with Crippen LogP contribution in [-0.2, 0) is 6.54 Å². The number of halogens is 1. The summed E-state index contributed by atoms with van der Waals surface area (Å²) in [5.74, 6) is -0.715. The van der Waals surface area contributed by atoms with Gasteiger partial charge in [0.25, 0.3) is 0 Å². The molecule has 1 aromatic carbocycles. The quantitative estimate of drug-likeness (QED) is 0.598. The molecule has 1 unspecified atom stereocenters. The summed E-state index contributed by atoms with van der Waals surface area (Å²) in [5, 5.41) is 10.8. The lowest BCUT2D eigenvalue weighted by atomic mass is 10.1. The number of likely N-dealkylation sites (tertiary alicyclic amines) is 1. The molecule has 2 rings (SSSR count). The van der Waals surface area contributed by atoms with E-state index in [1.54, 1.807) is 6.07 Å². The normalized spacial score (nSPS) is 19.3. The van der Waals surface area contributed by atoms with Crippen LogP contribution in [0.4, 0.5) is 10.1 Å². The molecule has 6 heteroatoms. The molecule has 116 valence electrons. The highest BCUT2D eigenvalue weighted by Gasteiger charge is 2.25. The number of rotatable bonds is 6. The van der Waals surface area contributed by atoms with Crippen LogP contribution < -0.4 is 0 Å². The molecule has 1 saturated heterocycles. The zero-order valence-electron chi connectivity index (χ0n) is 12.6. The predicted octanol–water partition coefficient (Wildman–Crippen LogP) is 2.65. The second kappa shape index (κ2) is 6.95. The second-order valence-electron chi connectivity index (χ2n) is 5.63. The van der Waals surface area contributed by atoms with E-state index in [1.165, 1.54) is 18.6 Å². The van der Waals surface area contributed by atoms with Gasteiger partial charge < -0.3 is 4.90 Å². The van der Waals surface area contributed by atoms with Gasteiger partial charge in [-0.25, -0.2) is 0 Å². The van der Waals surface area contributed by atoms with Crippen LogP contribution in [0.15, 0.2) is 18.2 Å². The minimum atomic E-state index is -0.715. The maximum Gasteiger partial charge on any atom is 0.305 e. The minimum absolute atomic E-state index is 0.382. The van der Waals surface area contributed by atoms with Crippen molar-refractivity contribution in [3.63, 3.8) is 0 Å². The maximum absolute atomic E-state index is 14.1. The van der Waals surface area contributed by atoms with Gasteiger partial charge in [-0.15, -0.1) is 0 Å². The third-order valence-electron chi connectivity index (χ3n) is 4.12. The molecule has 0 aromatic heterocycles. The van der Waals surface area contributed by atoms with E-state index in [1.807, 2.05) is 11.9 Å². The van der Waals surface area contributed by atoms with Gasteiger partial charge in [0.05, 0.1) is 4.92 Å². The molecule has 1 atom stereocenters. The van der Waals surface area contributed by atoms with Crippen LogP contribution in [-0.4, -0.2) is 47.4 Å². The van der Waals surface area contributed by atoms with Gasteiger partial charge in [0.2, 0.25) is 5.82 Å². The zero-order valence-corrected chi connectivity index (χ0v) is 12.6. The molecule has 0 aliphatic carbocycles. The van der Waals surface area contributed by atoms with Crippen LogP contribution >= 0.6 is 0 Å². The van der Waals surface area contributed by atoms with Crippen molar-refractivity contribution >= 4 is 5.69 Å². The first-order valence-corrected chi connectivity index (χ1v) is 7.37. The van der Waals surface area contributed by atoms with Gasteiger partial charge in [-0.2, -0.15) is 4.39 Å². The molecule has 0 spiro atoms. The molecule has 0 amide bonds. The van der Waals surface area contributed by atoms with Gasteiger partial charge in [-0.05, 0) is 33.0 Å². The van der Waals surface area contributed by atoms with E-state index < -0.39 is 16.4 Å². The highest BCUT2D eigenvalue weighted by molar-refractivity contribution is 5.36. The van der Waals surface area contributed by atoms with E-state index >= 15 is 0 Å². The first-order chi connectivity index (χ1) is 10.0. The Labute approximate surface area is 124 Å². The number of hydrogen-bond donors (Lipinski definition) is 0. The standard InChI is InChI=1S/C15H22FN3O2/c1-3-18-9-5-7-13(18)11-17(2)10-12-6-4-8-14(15(12)16)19(20)21/h4,6,8,13H,3,5,7,9-11H2,1-2H3. The van der Waals surface area contributed by atoms with Crippen molar-refractivity contribution in [3.05, 3.63) is 39.7 Å². The van der Waals surface area contributed by atoms with Crippen molar-refractivity contribution in [1.29, 1.82) is 0 Å². The van der Waals surface area contributed by atoms with Crippen LogP contribution in [0.1, 0.15) is 25.3 Å². The van der Waals surface area contributed by atoms with Crippen LogP contribution in [0.3, 0.4) is 0 Å². The molecule has 5 nitrogen and oxygen atoms in total. The molecule has 1 aliphatic heterocycles. The highest BCUT2D eigenvalue weighted by atomic mass is 19.1. The fourth-order valence-corrected chi connectivity index (χ4v) is 3.06. The number of nitro benzene ring substituents is 1. The second-order valence-corrected chi connectivity index (χ2v) is 5.63. The number of nitrogens with zero attached hydrogens (tertiary/aromatic N) is 3. The van der Waals surface area contributed by atoms with E-state index in [0.29, 0.717) is 18.2 Å². The largest absolute Gasteiger partial charge is 0.305 e. The average molecular weight is 295 g/mol. The third-order valence-corrected chi connectivity index (χ3v) is 4.12. The van der Waals surface area contributed by atoms with Gasteiger partial charge >= 0.3 is 5.69 Å². The topological polar surface area (TPSA) is 49.6 Å². The summed E-state index contributed by atoms with van der Waals surface area (Å²) in [7, 11) is 1.93. The van der Waals surface area contributed by atoms with Crippen molar-refractivity contribution in [2.45, 2.75) is 32.4 Å². The fourth-order valence-electron chi connectivity index (χ4n) is 3.06. The summed E-state index contributed by atoms with van der Waals surface area (Å²) in [6, 6.07) is 4.86.